The molecule has 158 valence electrons. The summed E-state index contributed by atoms with van der Waals surface area (Å²) < 4.78 is 31.3. The fourth-order valence-corrected chi connectivity index (χ4v) is 3.56. The Morgan fingerprint density at radius 3 is 2.55 bits per heavy atom. The summed E-state index contributed by atoms with van der Waals surface area (Å²) in [6, 6.07) is 13.5. The summed E-state index contributed by atoms with van der Waals surface area (Å²) in [5.41, 5.74) is 3.86. The fourth-order valence-electron chi connectivity index (χ4n) is 2.80. The predicted molar refractivity (Wildman–Crippen MR) is 118 cm³/mol. The summed E-state index contributed by atoms with van der Waals surface area (Å²) in [6.45, 7) is 5.79. The number of methoxy groups -OCH3 is 1. The van der Waals surface area contributed by atoms with E-state index in [-0.39, 0.29) is 5.75 Å². The van der Waals surface area contributed by atoms with Crippen LogP contribution in [-0.4, -0.2) is 35.1 Å². The van der Waals surface area contributed by atoms with Crippen molar-refractivity contribution in [3.8, 4) is 5.75 Å². The summed E-state index contributed by atoms with van der Waals surface area (Å²) in [6.07, 6.45) is 0. The van der Waals surface area contributed by atoms with Crippen molar-refractivity contribution in [1.29, 1.82) is 0 Å². The van der Waals surface area contributed by atoms with Crippen LogP contribution in [0.1, 0.15) is 29.2 Å². The highest BCUT2D eigenvalue weighted by molar-refractivity contribution is 7.88. The zero-order valence-corrected chi connectivity index (χ0v) is 18.3. The average molecular weight is 419 g/mol. The van der Waals surface area contributed by atoms with Gasteiger partial charge in [-0.15, -0.1) is 0 Å². The molecule has 29 heavy (non-hydrogen) atoms. The summed E-state index contributed by atoms with van der Waals surface area (Å²) in [7, 11) is -0.218. The number of nitrogens with one attached hydrogen (secondary N) is 3. The van der Waals surface area contributed by atoms with Crippen LogP contribution in [0.3, 0.4) is 0 Å². The summed E-state index contributed by atoms with van der Waals surface area (Å²) in [5.74, 6) is 1.47. The van der Waals surface area contributed by atoms with Crippen LogP contribution >= 0.6 is 0 Å². The van der Waals surface area contributed by atoms with Gasteiger partial charge in [-0.1, -0.05) is 36.4 Å². The third-order valence-electron chi connectivity index (χ3n) is 4.31. The van der Waals surface area contributed by atoms with Crippen LogP contribution in [0, 0.1) is 6.92 Å². The first-order valence-electron chi connectivity index (χ1n) is 9.51. The molecule has 8 heteroatoms. The van der Waals surface area contributed by atoms with Gasteiger partial charge in [-0.05, 0) is 43.7 Å². The topological polar surface area (TPSA) is 91.8 Å². The molecule has 0 radical (unpaired) electrons. The standard InChI is InChI=1S/C21H30N4O3S/c1-5-23-21(25-14-19-10-9-16(2)11-20(19)28-4)24-13-17-7-6-8-18(12-17)15-29(26,27)22-3/h6-12,22H,5,13-15H2,1-4H3,(H2,23,24,25). The second kappa shape index (κ2) is 10.8. The summed E-state index contributed by atoms with van der Waals surface area (Å²) in [5, 5.41) is 6.54. The number of aryl methyl sites for hydroxylation is 1. The van der Waals surface area contributed by atoms with Crippen molar-refractivity contribution in [3.05, 3.63) is 64.7 Å². The molecule has 0 aliphatic rings. The lowest BCUT2D eigenvalue weighted by Crippen LogP contribution is -2.36. The Kier molecular flexibility index (Phi) is 8.48. The van der Waals surface area contributed by atoms with Crippen molar-refractivity contribution in [3.63, 3.8) is 0 Å². The first-order valence-corrected chi connectivity index (χ1v) is 11.2. The van der Waals surface area contributed by atoms with Crippen LogP contribution in [0.15, 0.2) is 47.5 Å². The minimum Gasteiger partial charge on any atom is -0.496 e. The van der Waals surface area contributed by atoms with Crippen LogP contribution in [-0.2, 0) is 28.9 Å². The van der Waals surface area contributed by atoms with Crippen LogP contribution in [0.5, 0.6) is 5.75 Å². The largest absolute Gasteiger partial charge is 0.496 e. The predicted octanol–water partition coefficient (Wildman–Crippen LogP) is 2.31. The molecular formula is C21H30N4O3S. The molecule has 0 aliphatic heterocycles. The molecule has 0 heterocycles. The van der Waals surface area contributed by atoms with E-state index in [2.05, 4.69) is 20.3 Å². The van der Waals surface area contributed by atoms with E-state index in [1.54, 1.807) is 13.2 Å². The van der Waals surface area contributed by atoms with E-state index in [1.807, 2.05) is 50.2 Å². The molecule has 0 saturated carbocycles. The number of hydrogen-bond donors (Lipinski definition) is 3. The number of guanidine groups is 1. The Bertz CT molecular complexity index is 943. The molecule has 3 N–H and O–H groups in total. The Balaban J connectivity index is 2.07. The van der Waals surface area contributed by atoms with Gasteiger partial charge in [-0.25, -0.2) is 18.1 Å². The van der Waals surface area contributed by atoms with Crippen molar-refractivity contribution in [2.75, 3.05) is 20.7 Å². The monoisotopic (exact) mass is 418 g/mol. The second-order valence-corrected chi connectivity index (χ2v) is 8.57. The number of aliphatic imine (C=N–C) groups is 1. The lowest BCUT2D eigenvalue weighted by molar-refractivity contribution is 0.408. The van der Waals surface area contributed by atoms with Crippen LogP contribution in [0.2, 0.25) is 0 Å². The molecule has 0 bridgehead atoms. The Labute approximate surface area is 173 Å². The van der Waals surface area contributed by atoms with Gasteiger partial charge in [0.05, 0.1) is 19.4 Å². The highest BCUT2D eigenvalue weighted by atomic mass is 32.2. The molecule has 0 amide bonds. The van der Waals surface area contributed by atoms with E-state index in [0.717, 1.165) is 34.5 Å². The maximum Gasteiger partial charge on any atom is 0.215 e. The van der Waals surface area contributed by atoms with Crippen molar-refractivity contribution in [1.82, 2.24) is 15.4 Å². The number of nitrogens with zero attached hydrogens (tertiary/aromatic N) is 1. The van der Waals surface area contributed by atoms with E-state index in [1.165, 1.54) is 7.05 Å². The molecular weight excluding hydrogens is 388 g/mol. The number of hydrogen-bond acceptors (Lipinski definition) is 4. The van der Waals surface area contributed by atoms with Gasteiger partial charge in [0.15, 0.2) is 5.96 Å². The summed E-state index contributed by atoms with van der Waals surface area (Å²) >= 11 is 0. The molecule has 0 aliphatic carbocycles. The van der Waals surface area contributed by atoms with Gasteiger partial charge in [-0.3, -0.25) is 0 Å². The van der Waals surface area contributed by atoms with Crippen molar-refractivity contribution in [2.24, 2.45) is 4.99 Å². The quantitative estimate of drug-likeness (QED) is 0.429. The Morgan fingerprint density at radius 2 is 1.86 bits per heavy atom. The van der Waals surface area contributed by atoms with Crippen LogP contribution < -0.4 is 20.1 Å². The van der Waals surface area contributed by atoms with E-state index in [9.17, 15) is 8.42 Å². The van der Waals surface area contributed by atoms with Crippen molar-refractivity contribution in [2.45, 2.75) is 32.7 Å². The average Bonchev–Trinajstić information content (AvgIpc) is 2.70. The molecule has 2 aromatic carbocycles. The van der Waals surface area contributed by atoms with Gasteiger partial charge in [0.25, 0.3) is 0 Å². The maximum absolute atomic E-state index is 11.8. The zero-order chi connectivity index (χ0) is 21.3. The maximum atomic E-state index is 11.8. The summed E-state index contributed by atoms with van der Waals surface area (Å²) in [4.78, 5) is 4.62. The molecule has 0 fully saturated rings. The molecule has 0 aromatic heterocycles. The van der Waals surface area contributed by atoms with E-state index >= 15 is 0 Å². The Morgan fingerprint density at radius 1 is 1.10 bits per heavy atom. The molecule has 0 unspecified atom stereocenters. The third kappa shape index (κ3) is 7.40. The van der Waals surface area contributed by atoms with E-state index < -0.39 is 10.0 Å². The van der Waals surface area contributed by atoms with E-state index in [0.29, 0.717) is 19.0 Å². The Hall–Kier alpha value is -2.58. The minimum atomic E-state index is -3.30. The highest BCUT2D eigenvalue weighted by Gasteiger charge is 2.09. The van der Waals surface area contributed by atoms with Crippen molar-refractivity contribution >= 4 is 16.0 Å². The fraction of sp³-hybridized carbons (Fsp3) is 0.381. The highest BCUT2D eigenvalue weighted by Crippen LogP contribution is 2.19. The van der Waals surface area contributed by atoms with Gasteiger partial charge in [0.2, 0.25) is 10.0 Å². The lowest BCUT2D eigenvalue weighted by Gasteiger charge is -2.14. The molecule has 0 atom stereocenters. The number of ether oxygens (including phenoxy) is 1. The lowest BCUT2D eigenvalue weighted by atomic mass is 10.1. The van der Waals surface area contributed by atoms with Crippen LogP contribution in [0.25, 0.3) is 0 Å². The first kappa shape index (κ1) is 22.7. The smallest absolute Gasteiger partial charge is 0.215 e. The minimum absolute atomic E-state index is 0.0490. The molecule has 2 aromatic rings. The number of sulfonamides is 1. The van der Waals surface area contributed by atoms with E-state index in [4.69, 9.17) is 4.74 Å². The third-order valence-corrected chi connectivity index (χ3v) is 5.65. The number of rotatable bonds is 9. The SMILES string of the molecule is CCNC(=NCc1cccc(CS(=O)(=O)NC)c1)NCc1ccc(C)cc1OC. The number of benzene rings is 2. The van der Waals surface area contributed by atoms with Crippen molar-refractivity contribution < 1.29 is 13.2 Å². The normalized spacial score (nSPS) is 11.9. The first-order chi connectivity index (χ1) is 13.9. The van der Waals surface area contributed by atoms with Crippen LogP contribution in [0.4, 0.5) is 0 Å². The second-order valence-electron chi connectivity index (χ2n) is 6.65. The molecule has 0 spiro atoms. The van der Waals surface area contributed by atoms with Gasteiger partial charge in [0, 0.05) is 18.7 Å². The molecule has 7 nitrogen and oxygen atoms in total. The van der Waals surface area contributed by atoms with Gasteiger partial charge >= 0.3 is 0 Å². The van der Waals surface area contributed by atoms with Gasteiger partial charge in [-0.2, -0.15) is 0 Å². The molecule has 2 rings (SSSR count). The van der Waals surface area contributed by atoms with Gasteiger partial charge < -0.3 is 15.4 Å². The van der Waals surface area contributed by atoms with Gasteiger partial charge in [0.1, 0.15) is 5.75 Å². The zero-order valence-electron chi connectivity index (χ0n) is 17.5. The molecule has 0 saturated heterocycles.